The molecule has 0 bridgehead atoms. The predicted octanol–water partition coefficient (Wildman–Crippen LogP) is 2.18. The molecule has 0 amide bonds. The van der Waals surface area contributed by atoms with Gasteiger partial charge in [-0.15, -0.1) is 0 Å². The zero-order chi connectivity index (χ0) is 13.2. The molecule has 0 unspecified atom stereocenters. The fourth-order valence-electron chi connectivity index (χ4n) is 2.01. The molecule has 0 N–H and O–H groups in total. The number of hydrogen-bond acceptors (Lipinski definition) is 4. The van der Waals surface area contributed by atoms with Crippen LogP contribution >= 0.6 is 0 Å². The van der Waals surface area contributed by atoms with E-state index >= 15 is 0 Å². The van der Waals surface area contributed by atoms with Gasteiger partial charge in [0.1, 0.15) is 11.5 Å². The van der Waals surface area contributed by atoms with Crippen molar-refractivity contribution in [2.45, 2.75) is 0 Å². The molecule has 3 heterocycles. The molecule has 0 saturated heterocycles. The van der Waals surface area contributed by atoms with Crippen LogP contribution in [0.5, 0.6) is 0 Å². The quantitative estimate of drug-likeness (QED) is 0.657. The molecule has 0 aliphatic heterocycles. The van der Waals surface area contributed by atoms with E-state index in [9.17, 15) is 4.79 Å². The first-order valence-electron chi connectivity index (χ1n) is 5.76. The summed E-state index contributed by atoms with van der Waals surface area (Å²) >= 11 is 0. The molecular formula is C14H11N3O2. The monoisotopic (exact) mass is 253 g/mol. The molecule has 3 rings (SSSR count). The Kier molecular flexibility index (Phi) is 2.72. The van der Waals surface area contributed by atoms with Crippen molar-refractivity contribution in [2.24, 2.45) is 0 Å². The molecule has 94 valence electrons. The van der Waals surface area contributed by atoms with Crippen LogP contribution in [0, 0.1) is 0 Å². The first-order chi connectivity index (χ1) is 9.31. The number of ether oxygens (including phenoxy) is 1. The Bertz CT molecular complexity index is 735. The number of hydrogen-bond donors (Lipinski definition) is 0. The molecule has 0 aliphatic carbocycles. The lowest BCUT2D eigenvalue weighted by Gasteiger charge is -2.06. The predicted molar refractivity (Wildman–Crippen MR) is 69.8 cm³/mol. The van der Waals surface area contributed by atoms with Crippen molar-refractivity contribution in [1.29, 1.82) is 0 Å². The number of pyridine rings is 2. The molecule has 19 heavy (non-hydrogen) atoms. The average Bonchev–Trinajstić information content (AvgIpc) is 2.91. The van der Waals surface area contributed by atoms with E-state index in [1.807, 2.05) is 18.2 Å². The summed E-state index contributed by atoms with van der Waals surface area (Å²) in [4.78, 5) is 20.3. The van der Waals surface area contributed by atoms with Crippen molar-refractivity contribution in [3.63, 3.8) is 0 Å². The smallest absolute Gasteiger partial charge is 0.355 e. The second-order valence-electron chi connectivity index (χ2n) is 3.99. The van der Waals surface area contributed by atoms with Gasteiger partial charge in [-0.2, -0.15) is 0 Å². The van der Waals surface area contributed by atoms with Crippen molar-refractivity contribution in [3.05, 3.63) is 54.6 Å². The number of nitrogens with zero attached hydrogens (tertiary/aromatic N) is 3. The molecule has 0 spiro atoms. The summed E-state index contributed by atoms with van der Waals surface area (Å²) in [5, 5.41) is 0. The van der Waals surface area contributed by atoms with Crippen LogP contribution in [0.1, 0.15) is 10.5 Å². The van der Waals surface area contributed by atoms with Crippen molar-refractivity contribution in [2.75, 3.05) is 7.11 Å². The zero-order valence-corrected chi connectivity index (χ0v) is 10.3. The Morgan fingerprint density at radius 3 is 2.84 bits per heavy atom. The third-order valence-electron chi connectivity index (χ3n) is 2.87. The topological polar surface area (TPSA) is 56.5 Å². The molecule has 3 aromatic heterocycles. The van der Waals surface area contributed by atoms with Gasteiger partial charge in [-0.1, -0.05) is 6.07 Å². The third kappa shape index (κ3) is 1.85. The molecule has 0 saturated carbocycles. The summed E-state index contributed by atoms with van der Waals surface area (Å²) in [6.07, 6.45) is 5.12. The fourth-order valence-corrected chi connectivity index (χ4v) is 2.01. The van der Waals surface area contributed by atoms with E-state index in [1.54, 1.807) is 35.1 Å². The van der Waals surface area contributed by atoms with E-state index < -0.39 is 5.97 Å². The Labute approximate surface area is 109 Å². The number of aromatic nitrogens is 3. The normalized spacial score (nSPS) is 10.6. The number of rotatable bonds is 2. The lowest BCUT2D eigenvalue weighted by Crippen LogP contribution is -2.08. The molecule has 0 aliphatic rings. The number of imidazole rings is 1. The van der Waals surface area contributed by atoms with Crippen LogP contribution in [0.3, 0.4) is 0 Å². The highest BCUT2D eigenvalue weighted by molar-refractivity contribution is 5.89. The van der Waals surface area contributed by atoms with E-state index in [4.69, 9.17) is 4.74 Å². The van der Waals surface area contributed by atoms with E-state index in [2.05, 4.69) is 9.97 Å². The van der Waals surface area contributed by atoms with Gasteiger partial charge in [0.15, 0.2) is 0 Å². The number of esters is 1. The van der Waals surface area contributed by atoms with Gasteiger partial charge in [-0.05, 0) is 24.3 Å². The molecule has 0 aromatic carbocycles. The first kappa shape index (κ1) is 11.4. The van der Waals surface area contributed by atoms with Crippen molar-refractivity contribution in [1.82, 2.24) is 14.4 Å². The van der Waals surface area contributed by atoms with Crippen LogP contribution in [0.4, 0.5) is 0 Å². The Balaban J connectivity index is 2.30. The average molecular weight is 253 g/mol. The summed E-state index contributed by atoms with van der Waals surface area (Å²) in [5.41, 5.74) is 2.12. The van der Waals surface area contributed by atoms with Gasteiger partial charge >= 0.3 is 5.97 Å². The Morgan fingerprint density at radius 2 is 2.11 bits per heavy atom. The van der Waals surface area contributed by atoms with Crippen molar-refractivity contribution < 1.29 is 9.53 Å². The fraction of sp³-hybridized carbons (Fsp3) is 0.0714. The van der Waals surface area contributed by atoms with Crippen LogP contribution in [0.2, 0.25) is 0 Å². The van der Waals surface area contributed by atoms with Gasteiger partial charge < -0.3 is 4.74 Å². The van der Waals surface area contributed by atoms with Crippen LogP contribution in [-0.4, -0.2) is 27.4 Å². The number of methoxy groups -OCH3 is 1. The van der Waals surface area contributed by atoms with E-state index in [1.165, 1.54) is 7.11 Å². The molecule has 0 fully saturated rings. The minimum atomic E-state index is -0.395. The van der Waals surface area contributed by atoms with Gasteiger partial charge in [0, 0.05) is 18.0 Å². The van der Waals surface area contributed by atoms with Crippen LogP contribution in [0.25, 0.3) is 16.9 Å². The number of fused-ring (bicyclic) bond motifs is 1. The van der Waals surface area contributed by atoms with E-state index in [-0.39, 0.29) is 0 Å². The van der Waals surface area contributed by atoms with Crippen LogP contribution in [-0.2, 0) is 4.74 Å². The lowest BCUT2D eigenvalue weighted by molar-refractivity contribution is 0.0592. The second-order valence-corrected chi connectivity index (χ2v) is 3.99. The Morgan fingerprint density at radius 1 is 1.21 bits per heavy atom. The third-order valence-corrected chi connectivity index (χ3v) is 2.87. The standard InChI is InChI=1S/C14H11N3O2/c1-19-14(18)12-6-2-5-11-9-16-13(17(11)12)10-4-3-7-15-8-10/h2-9H,1H3. The largest absolute Gasteiger partial charge is 0.464 e. The SMILES string of the molecule is COC(=O)c1cccc2cnc(-c3cccnc3)n12. The van der Waals surface area contributed by atoms with Crippen LogP contribution in [0.15, 0.2) is 48.9 Å². The van der Waals surface area contributed by atoms with E-state index in [0.29, 0.717) is 11.5 Å². The second kappa shape index (κ2) is 4.53. The maximum absolute atomic E-state index is 11.8. The minimum absolute atomic E-state index is 0.395. The summed E-state index contributed by atoms with van der Waals surface area (Å²) in [6, 6.07) is 9.13. The maximum Gasteiger partial charge on any atom is 0.355 e. The highest BCUT2D eigenvalue weighted by Crippen LogP contribution is 2.21. The zero-order valence-electron chi connectivity index (χ0n) is 10.3. The van der Waals surface area contributed by atoms with Crippen molar-refractivity contribution >= 4 is 11.5 Å². The minimum Gasteiger partial charge on any atom is -0.464 e. The molecular weight excluding hydrogens is 242 g/mol. The molecule has 5 nitrogen and oxygen atoms in total. The highest BCUT2D eigenvalue weighted by Gasteiger charge is 2.15. The summed E-state index contributed by atoms with van der Waals surface area (Å²) in [6.45, 7) is 0. The summed E-state index contributed by atoms with van der Waals surface area (Å²) < 4.78 is 6.57. The van der Waals surface area contributed by atoms with Crippen molar-refractivity contribution in [3.8, 4) is 11.4 Å². The highest BCUT2D eigenvalue weighted by atomic mass is 16.5. The first-order valence-corrected chi connectivity index (χ1v) is 5.76. The lowest BCUT2D eigenvalue weighted by atomic mass is 10.2. The van der Waals surface area contributed by atoms with Gasteiger partial charge in [0.2, 0.25) is 0 Å². The number of carbonyl (C=O) groups excluding carboxylic acids is 1. The Hall–Kier alpha value is -2.69. The summed E-state index contributed by atoms with van der Waals surface area (Å²) in [5.74, 6) is 0.276. The molecule has 5 heteroatoms. The number of carbonyl (C=O) groups is 1. The maximum atomic E-state index is 11.8. The van der Waals surface area contributed by atoms with Crippen LogP contribution < -0.4 is 0 Å². The summed E-state index contributed by atoms with van der Waals surface area (Å²) in [7, 11) is 1.36. The van der Waals surface area contributed by atoms with Gasteiger partial charge in [-0.3, -0.25) is 9.38 Å². The van der Waals surface area contributed by atoms with E-state index in [0.717, 1.165) is 11.1 Å². The van der Waals surface area contributed by atoms with Gasteiger partial charge in [-0.25, -0.2) is 9.78 Å². The van der Waals surface area contributed by atoms with Gasteiger partial charge in [0.05, 0.1) is 18.8 Å². The molecule has 0 atom stereocenters. The molecule has 0 radical (unpaired) electrons. The van der Waals surface area contributed by atoms with Gasteiger partial charge in [0.25, 0.3) is 0 Å². The molecule has 3 aromatic rings.